The third-order valence-electron chi connectivity index (χ3n) is 4.79. The van der Waals surface area contributed by atoms with Gasteiger partial charge < -0.3 is 15.0 Å². The number of nitrogens with zero attached hydrogens (tertiary/aromatic N) is 2. The second-order valence-electron chi connectivity index (χ2n) is 6.92. The van der Waals surface area contributed by atoms with Crippen molar-refractivity contribution in [3.8, 4) is 11.4 Å². The molecule has 2 aromatic carbocycles. The topological polar surface area (TPSA) is 63.6 Å². The summed E-state index contributed by atoms with van der Waals surface area (Å²) in [4.78, 5) is 27.1. The van der Waals surface area contributed by atoms with Crippen molar-refractivity contribution in [1.82, 2.24) is 14.8 Å². The molecule has 0 spiro atoms. The first-order valence-corrected chi connectivity index (χ1v) is 9.36. The van der Waals surface area contributed by atoms with E-state index >= 15 is 0 Å². The third-order valence-corrected chi connectivity index (χ3v) is 4.79. The fourth-order valence-corrected chi connectivity index (χ4v) is 3.13. The maximum atomic E-state index is 12.7. The quantitative estimate of drug-likeness (QED) is 0.673. The Morgan fingerprint density at radius 1 is 1.03 bits per heavy atom. The van der Waals surface area contributed by atoms with E-state index in [0.717, 1.165) is 5.56 Å². The number of amides is 1. The van der Waals surface area contributed by atoms with Gasteiger partial charge in [-0.2, -0.15) is 0 Å². The first-order chi connectivity index (χ1) is 14.0. The first-order valence-electron chi connectivity index (χ1n) is 9.36. The van der Waals surface area contributed by atoms with Crippen LogP contribution in [0.1, 0.15) is 22.0 Å². The Hall–Kier alpha value is -3.38. The van der Waals surface area contributed by atoms with E-state index in [0.29, 0.717) is 23.5 Å². The van der Waals surface area contributed by atoms with Crippen LogP contribution in [-0.4, -0.2) is 43.1 Å². The molecular weight excluding hydrogens is 366 g/mol. The van der Waals surface area contributed by atoms with Gasteiger partial charge in [0, 0.05) is 24.5 Å². The van der Waals surface area contributed by atoms with Gasteiger partial charge in [0.1, 0.15) is 5.75 Å². The summed E-state index contributed by atoms with van der Waals surface area (Å²) in [5, 5.41) is 2.98. The van der Waals surface area contributed by atoms with E-state index in [4.69, 9.17) is 4.74 Å². The van der Waals surface area contributed by atoms with Crippen LogP contribution < -0.4 is 15.6 Å². The molecule has 3 rings (SSSR count). The van der Waals surface area contributed by atoms with Crippen LogP contribution in [0.25, 0.3) is 5.69 Å². The lowest BCUT2D eigenvalue weighted by atomic mass is 10.1. The normalized spacial score (nSPS) is 11.9. The molecule has 0 radical (unpaired) electrons. The van der Waals surface area contributed by atoms with Gasteiger partial charge in [-0.1, -0.05) is 30.3 Å². The number of nitrogens with one attached hydrogen (secondary N) is 1. The molecule has 0 fully saturated rings. The lowest BCUT2D eigenvalue weighted by Gasteiger charge is -2.25. The van der Waals surface area contributed by atoms with Gasteiger partial charge in [-0.3, -0.25) is 14.2 Å². The van der Waals surface area contributed by atoms with Crippen molar-refractivity contribution in [3.63, 3.8) is 0 Å². The summed E-state index contributed by atoms with van der Waals surface area (Å²) in [6.07, 6.45) is 1.56. The van der Waals surface area contributed by atoms with Crippen LogP contribution in [-0.2, 0) is 0 Å². The first kappa shape index (κ1) is 20.4. The molecule has 1 atom stereocenters. The summed E-state index contributed by atoms with van der Waals surface area (Å²) in [7, 11) is 5.55. The number of benzene rings is 2. The third kappa shape index (κ3) is 4.92. The van der Waals surface area contributed by atoms with Crippen molar-refractivity contribution in [1.29, 1.82) is 0 Å². The molecule has 6 heteroatoms. The largest absolute Gasteiger partial charge is 0.497 e. The zero-order chi connectivity index (χ0) is 20.8. The van der Waals surface area contributed by atoms with Crippen molar-refractivity contribution in [3.05, 3.63) is 94.4 Å². The van der Waals surface area contributed by atoms with E-state index in [-0.39, 0.29) is 17.5 Å². The molecular formula is C23H25N3O3. The predicted molar refractivity (Wildman–Crippen MR) is 114 cm³/mol. The van der Waals surface area contributed by atoms with Crippen molar-refractivity contribution < 1.29 is 9.53 Å². The highest BCUT2D eigenvalue weighted by atomic mass is 16.5. The molecule has 1 amide bonds. The summed E-state index contributed by atoms with van der Waals surface area (Å²) >= 11 is 0. The molecule has 3 aromatic rings. The van der Waals surface area contributed by atoms with E-state index in [9.17, 15) is 9.59 Å². The van der Waals surface area contributed by atoms with Crippen molar-refractivity contribution in [2.24, 2.45) is 0 Å². The van der Waals surface area contributed by atoms with E-state index in [2.05, 4.69) is 10.2 Å². The molecule has 1 heterocycles. The second kappa shape index (κ2) is 9.21. The van der Waals surface area contributed by atoms with Gasteiger partial charge in [0.05, 0.1) is 18.7 Å². The SMILES string of the molecule is COc1ccc(-n2cc(C(=O)NCC(c3ccccc3)N(C)C)ccc2=O)cc1. The predicted octanol–water partition coefficient (Wildman–Crippen LogP) is 2.88. The number of hydrogen-bond donors (Lipinski definition) is 1. The van der Waals surface area contributed by atoms with Crippen LogP contribution in [0, 0.1) is 0 Å². The molecule has 1 N–H and O–H groups in total. The fraction of sp³-hybridized carbons (Fsp3) is 0.217. The van der Waals surface area contributed by atoms with E-state index in [1.54, 1.807) is 43.6 Å². The highest BCUT2D eigenvalue weighted by Crippen LogP contribution is 2.17. The number of hydrogen-bond acceptors (Lipinski definition) is 4. The number of ether oxygens (including phenoxy) is 1. The summed E-state index contributed by atoms with van der Waals surface area (Å²) in [5.74, 6) is 0.473. The number of rotatable bonds is 7. The zero-order valence-corrected chi connectivity index (χ0v) is 16.8. The minimum absolute atomic E-state index is 0.0487. The monoisotopic (exact) mass is 391 g/mol. The van der Waals surface area contributed by atoms with Crippen molar-refractivity contribution in [2.75, 3.05) is 27.7 Å². The molecule has 0 saturated heterocycles. The van der Waals surface area contributed by atoms with Gasteiger partial charge in [-0.15, -0.1) is 0 Å². The molecule has 0 bridgehead atoms. The Morgan fingerprint density at radius 2 is 1.72 bits per heavy atom. The molecule has 1 aromatic heterocycles. The average Bonchev–Trinajstić information content (AvgIpc) is 2.74. The number of carbonyl (C=O) groups is 1. The number of aromatic nitrogens is 1. The van der Waals surface area contributed by atoms with Crippen LogP contribution in [0.5, 0.6) is 5.75 Å². The maximum Gasteiger partial charge on any atom is 0.255 e. The van der Waals surface area contributed by atoms with Gasteiger partial charge >= 0.3 is 0 Å². The molecule has 1 unspecified atom stereocenters. The Bertz CT molecular complexity index is 1010. The second-order valence-corrected chi connectivity index (χ2v) is 6.92. The van der Waals surface area contributed by atoms with Crippen molar-refractivity contribution in [2.45, 2.75) is 6.04 Å². The smallest absolute Gasteiger partial charge is 0.255 e. The van der Waals surface area contributed by atoms with Crippen LogP contribution in [0.4, 0.5) is 0 Å². The number of carbonyl (C=O) groups excluding carboxylic acids is 1. The molecule has 0 aliphatic carbocycles. The van der Waals surface area contributed by atoms with Crippen LogP contribution in [0.2, 0.25) is 0 Å². The Morgan fingerprint density at radius 3 is 2.34 bits per heavy atom. The van der Waals surface area contributed by atoms with Gasteiger partial charge in [0.25, 0.3) is 11.5 Å². The van der Waals surface area contributed by atoms with Crippen LogP contribution >= 0.6 is 0 Å². The lowest BCUT2D eigenvalue weighted by Crippen LogP contribution is -2.35. The van der Waals surface area contributed by atoms with Gasteiger partial charge in [0.2, 0.25) is 0 Å². The molecule has 150 valence electrons. The summed E-state index contributed by atoms with van der Waals surface area (Å²) < 4.78 is 6.61. The highest BCUT2D eigenvalue weighted by molar-refractivity contribution is 5.93. The molecule has 29 heavy (non-hydrogen) atoms. The van der Waals surface area contributed by atoms with E-state index in [1.807, 2.05) is 44.4 Å². The average molecular weight is 391 g/mol. The van der Waals surface area contributed by atoms with Crippen LogP contribution in [0.3, 0.4) is 0 Å². The zero-order valence-electron chi connectivity index (χ0n) is 16.8. The van der Waals surface area contributed by atoms with E-state index in [1.165, 1.54) is 10.6 Å². The number of pyridine rings is 1. The molecule has 6 nitrogen and oxygen atoms in total. The highest BCUT2D eigenvalue weighted by Gasteiger charge is 2.16. The van der Waals surface area contributed by atoms with Crippen molar-refractivity contribution >= 4 is 5.91 Å². The lowest BCUT2D eigenvalue weighted by molar-refractivity contribution is 0.0941. The minimum atomic E-state index is -0.227. The molecule has 0 aliphatic heterocycles. The molecule has 0 aliphatic rings. The Balaban J connectivity index is 1.78. The van der Waals surface area contributed by atoms with Gasteiger partial charge in [-0.25, -0.2) is 0 Å². The summed E-state index contributed by atoms with van der Waals surface area (Å²) in [6.45, 7) is 0.456. The summed E-state index contributed by atoms with van der Waals surface area (Å²) in [6, 6.07) is 20.1. The van der Waals surface area contributed by atoms with Crippen LogP contribution in [0.15, 0.2) is 77.7 Å². The van der Waals surface area contributed by atoms with E-state index < -0.39 is 0 Å². The fourth-order valence-electron chi connectivity index (χ4n) is 3.13. The number of methoxy groups -OCH3 is 1. The minimum Gasteiger partial charge on any atom is -0.497 e. The number of likely N-dealkylation sites (N-methyl/N-ethyl adjacent to an activating group) is 1. The maximum absolute atomic E-state index is 12.7. The van der Waals surface area contributed by atoms with Gasteiger partial charge in [-0.05, 0) is 50.0 Å². The van der Waals surface area contributed by atoms with Gasteiger partial charge in [0.15, 0.2) is 0 Å². The Kier molecular flexibility index (Phi) is 6.46. The summed E-state index contributed by atoms with van der Waals surface area (Å²) in [5.41, 5.74) is 2.01. The standard InChI is InChI=1S/C23H25N3O3/c1-25(2)21(17-7-5-4-6-8-17)15-24-23(28)18-9-14-22(27)26(16-18)19-10-12-20(29-3)13-11-19/h4-14,16,21H,15H2,1-3H3,(H,24,28). The molecule has 0 saturated carbocycles. The Labute approximate surface area is 170 Å².